The molecule has 4 rings (SSSR count). The summed E-state index contributed by atoms with van der Waals surface area (Å²) in [5.41, 5.74) is 3.02. The molecule has 3 aromatic rings. The number of thiazole rings is 1. The number of para-hydroxylation sites is 1. The quantitative estimate of drug-likeness (QED) is 0.685. The van der Waals surface area contributed by atoms with Gasteiger partial charge in [0.2, 0.25) is 0 Å². The number of hydrogen-bond donors (Lipinski definition) is 0. The number of rotatable bonds is 2. The van der Waals surface area contributed by atoms with Crippen LogP contribution in [0.4, 0.5) is 5.69 Å². The van der Waals surface area contributed by atoms with Crippen LogP contribution in [0.5, 0.6) is 0 Å². The Kier molecular flexibility index (Phi) is 3.73. The fourth-order valence-electron chi connectivity index (χ4n) is 3.12. The number of hydrogen-bond acceptors (Lipinski definition) is 4. The van der Waals surface area contributed by atoms with Crippen molar-refractivity contribution in [1.82, 2.24) is 4.98 Å². The smallest absolute Gasteiger partial charge is 0.270 e. The standard InChI is InChI=1S/C19H18N2O2S/c1-12-9-10-16(23-12)18-20-13(2)17(24-18)19(22)21-11-5-7-14-6-3-4-8-15(14)21/h3-4,6,8-10H,5,7,11H2,1-2H3. The van der Waals surface area contributed by atoms with E-state index in [4.69, 9.17) is 4.42 Å². The van der Waals surface area contributed by atoms with E-state index >= 15 is 0 Å². The molecule has 0 spiro atoms. The fraction of sp³-hybridized carbons (Fsp3) is 0.263. The molecule has 0 aliphatic carbocycles. The zero-order chi connectivity index (χ0) is 16.7. The molecule has 0 atom stereocenters. The minimum absolute atomic E-state index is 0.0340. The molecule has 24 heavy (non-hydrogen) atoms. The topological polar surface area (TPSA) is 46.3 Å². The molecule has 0 radical (unpaired) electrons. The first-order valence-electron chi connectivity index (χ1n) is 8.07. The fourth-order valence-corrected chi connectivity index (χ4v) is 4.09. The van der Waals surface area contributed by atoms with Crippen molar-refractivity contribution in [1.29, 1.82) is 0 Å². The molecule has 0 N–H and O–H groups in total. The number of fused-ring (bicyclic) bond motifs is 1. The lowest BCUT2D eigenvalue weighted by Gasteiger charge is -2.29. The Balaban J connectivity index is 1.70. The monoisotopic (exact) mass is 338 g/mol. The third-order valence-corrected chi connectivity index (χ3v) is 5.46. The van der Waals surface area contributed by atoms with Gasteiger partial charge in [-0.2, -0.15) is 0 Å². The molecule has 0 saturated carbocycles. The van der Waals surface area contributed by atoms with E-state index in [1.807, 2.05) is 49.1 Å². The van der Waals surface area contributed by atoms with Crippen molar-refractivity contribution < 1.29 is 9.21 Å². The molecule has 0 fully saturated rings. The van der Waals surface area contributed by atoms with Crippen LogP contribution in [-0.2, 0) is 6.42 Å². The van der Waals surface area contributed by atoms with Crippen molar-refractivity contribution in [2.45, 2.75) is 26.7 Å². The van der Waals surface area contributed by atoms with E-state index in [-0.39, 0.29) is 5.91 Å². The Morgan fingerprint density at radius 1 is 1.21 bits per heavy atom. The van der Waals surface area contributed by atoms with Crippen LogP contribution in [-0.4, -0.2) is 17.4 Å². The Hall–Kier alpha value is -2.40. The van der Waals surface area contributed by atoms with E-state index in [0.717, 1.165) is 47.3 Å². The molecule has 0 unspecified atom stereocenters. The van der Waals surface area contributed by atoms with Crippen molar-refractivity contribution >= 4 is 22.9 Å². The van der Waals surface area contributed by atoms with Crippen LogP contribution >= 0.6 is 11.3 Å². The zero-order valence-electron chi connectivity index (χ0n) is 13.7. The Labute approximate surface area is 144 Å². The lowest BCUT2D eigenvalue weighted by molar-refractivity contribution is 0.0988. The number of aromatic nitrogens is 1. The third-order valence-electron chi connectivity index (χ3n) is 4.30. The number of amides is 1. The molecule has 3 heterocycles. The second kappa shape index (κ2) is 5.91. The first-order valence-corrected chi connectivity index (χ1v) is 8.89. The highest BCUT2D eigenvalue weighted by molar-refractivity contribution is 7.17. The van der Waals surface area contributed by atoms with Gasteiger partial charge in [-0.1, -0.05) is 18.2 Å². The van der Waals surface area contributed by atoms with Gasteiger partial charge in [0.15, 0.2) is 10.8 Å². The zero-order valence-corrected chi connectivity index (χ0v) is 14.5. The summed E-state index contributed by atoms with van der Waals surface area (Å²) < 4.78 is 5.64. The van der Waals surface area contributed by atoms with Gasteiger partial charge in [-0.25, -0.2) is 4.98 Å². The summed E-state index contributed by atoms with van der Waals surface area (Å²) in [7, 11) is 0. The first-order chi connectivity index (χ1) is 11.6. The SMILES string of the molecule is Cc1ccc(-c2nc(C)c(C(=O)N3CCCc4ccccc43)s2)o1. The van der Waals surface area contributed by atoms with Gasteiger partial charge in [-0.05, 0) is 50.5 Å². The van der Waals surface area contributed by atoms with Gasteiger partial charge >= 0.3 is 0 Å². The Bertz CT molecular complexity index is 910. The molecule has 1 amide bonds. The van der Waals surface area contributed by atoms with Crippen molar-refractivity contribution in [3.63, 3.8) is 0 Å². The summed E-state index contributed by atoms with van der Waals surface area (Å²) in [6.45, 7) is 4.54. The second-order valence-electron chi connectivity index (χ2n) is 6.03. The van der Waals surface area contributed by atoms with Crippen molar-refractivity contribution in [2.24, 2.45) is 0 Å². The highest BCUT2D eigenvalue weighted by atomic mass is 32.1. The predicted octanol–water partition coefficient (Wildman–Crippen LogP) is 4.61. The Morgan fingerprint density at radius 3 is 2.83 bits per heavy atom. The van der Waals surface area contributed by atoms with E-state index in [1.54, 1.807) is 0 Å². The number of anilines is 1. The summed E-state index contributed by atoms with van der Waals surface area (Å²) in [5, 5.41) is 0.759. The lowest BCUT2D eigenvalue weighted by atomic mass is 10.0. The summed E-state index contributed by atoms with van der Waals surface area (Å²) in [6, 6.07) is 12.0. The molecule has 122 valence electrons. The Morgan fingerprint density at radius 2 is 2.04 bits per heavy atom. The molecule has 5 heteroatoms. The molecule has 0 bridgehead atoms. The molecule has 1 aliphatic heterocycles. The third kappa shape index (κ3) is 2.55. The average Bonchev–Trinajstić information content (AvgIpc) is 3.19. The second-order valence-corrected chi connectivity index (χ2v) is 7.03. The van der Waals surface area contributed by atoms with Gasteiger partial charge in [0.25, 0.3) is 5.91 Å². The van der Waals surface area contributed by atoms with E-state index in [9.17, 15) is 4.79 Å². The van der Waals surface area contributed by atoms with Gasteiger partial charge < -0.3 is 9.32 Å². The molecule has 4 nitrogen and oxygen atoms in total. The van der Waals surface area contributed by atoms with Crippen molar-refractivity contribution in [3.8, 4) is 10.8 Å². The molecule has 0 saturated heterocycles. The van der Waals surface area contributed by atoms with Gasteiger partial charge in [0, 0.05) is 12.2 Å². The number of furan rings is 1. The number of carbonyl (C=O) groups is 1. The first kappa shape index (κ1) is 15.1. The van der Waals surface area contributed by atoms with Gasteiger partial charge in [0.1, 0.15) is 10.6 Å². The molecule has 1 aliphatic rings. The van der Waals surface area contributed by atoms with E-state index in [0.29, 0.717) is 4.88 Å². The molecular formula is C19H18N2O2S. The van der Waals surface area contributed by atoms with Crippen LogP contribution in [0.2, 0.25) is 0 Å². The van der Waals surface area contributed by atoms with Crippen LogP contribution in [0.25, 0.3) is 10.8 Å². The largest absolute Gasteiger partial charge is 0.459 e. The van der Waals surface area contributed by atoms with Crippen LogP contribution < -0.4 is 4.90 Å². The van der Waals surface area contributed by atoms with Crippen LogP contribution in [0.15, 0.2) is 40.8 Å². The summed E-state index contributed by atoms with van der Waals surface area (Å²) >= 11 is 1.41. The number of nitrogens with zero attached hydrogens (tertiary/aromatic N) is 2. The van der Waals surface area contributed by atoms with Crippen molar-refractivity contribution in [2.75, 3.05) is 11.4 Å². The van der Waals surface area contributed by atoms with Gasteiger partial charge in [0.05, 0.1) is 5.69 Å². The summed E-state index contributed by atoms with van der Waals surface area (Å²) in [5.74, 6) is 1.60. The average molecular weight is 338 g/mol. The van der Waals surface area contributed by atoms with Gasteiger partial charge in [-0.15, -0.1) is 11.3 Å². The molecular weight excluding hydrogens is 320 g/mol. The summed E-state index contributed by atoms with van der Waals surface area (Å²) in [4.78, 5) is 20.2. The lowest BCUT2D eigenvalue weighted by Crippen LogP contribution is -2.35. The van der Waals surface area contributed by atoms with E-state index < -0.39 is 0 Å². The van der Waals surface area contributed by atoms with Crippen LogP contribution in [0.3, 0.4) is 0 Å². The highest BCUT2D eigenvalue weighted by Gasteiger charge is 2.27. The van der Waals surface area contributed by atoms with Gasteiger partial charge in [-0.3, -0.25) is 4.79 Å². The predicted molar refractivity (Wildman–Crippen MR) is 95.7 cm³/mol. The van der Waals surface area contributed by atoms with Crippen LogP contribution in [0, 0.1) is 13.8 Å². The maximum absolute atomic E-state index is 13.1. The van der Waals surface area contributed by atoms with E-state index in [1.165, 1.54) is 16.9 Å². The maximum atomic E-state index is 13.1. The molecule has 1 aromatic carbocycles. The van der Waals surface area contributed by atoms with Crippen molar-refractivity contribution in [3.05, 3.63) is 58.3 Å². The maximum Gasteiger partial charge on any atom is 0.270 e. The van der Waals surface area contributed by atoms with Crippen LogP contribution in [0.1, 0.15) is 33.1 Å². The number of carbonyl (C=O) groups excluding carboxylic acids is 1. The number of aryl methyl sites for hydroxylation is 3. The minimum Gasteiger partial charge on any atom is -0.459 e. The minimum atomic E-state index is 0.0340. The normalized spacial score (nSPS) is 13.8. The van der Waals surface area contributed by atoms with E-state index in [2.05, 4.69) is 11.1 Å². The summed E-state index contributed by atoms with van der Waals surface area (Å²) in [6.07, 6.45) is 2.02. The number of benzene rings is 1. The molecule has 2 aromatic heterocycles. The highest BCUT2D eigenvalue weighted by Crippen LogP contribution is 2.33.